The van der Waals surface area contributed by atoms with Gasteiger partial charge in [0, 0.05) is 30.7 Å². The summed E-state index contributed by atoms with van der Waals surface area (Å²) in [6.07, 6.45) is 10.7. The third kappa shape index (κ3) is 7.02. The zero-order chi connectivity index (χ0) is 28.1. The van der Waals surface area contributed by atoms with Gasteiger partial charge >= 0.3 is 0 Å². The molecule has 0 radical (unpaired) electrons. The largest absolute Gasteiger partial charge is 0.439 e. The van der Waals surface area contributed by atoms with E-state index < -0.39 is 0 Å². The van der Waals surface area contributed by atoms with E-state index in [-0.39, 0.29) is 11.3 Å². The topological polar surface area (TPSA) is 59.4 Å². The molecule has 214 valence electrons. The molecular formula is C32H40Cl2N4O2. The van der Waals surface area contributed by atoms with Crippen LogP contribution in [0.1, 0.15) is 87.7 Å². The Kier molecular flexibility index (Phi) is 9.39. The van der Waals surface area contributed by atoms with Gasteiger partial charge in [0.15, 0.2) is 5.69 Å². The van der Waals surface area contributed by atoms with Crippen LogP contribution in [0.2, 0.25) is 10.0 Å². The summed E-state index contributed by atoms with van der Waals surface area (Å²) in [7, 11) is 0. The molecule has 8 heteroatoms. The number of hydrogen-bond donors (Lipinski definition) is 1. The molecule has 2 heterocycles. The molecule has 2 aliphatic rings. The Morgan fingerprint density at radius 1 is 1.00 bits per heavy atom. The summed E-state index contributed by atoms with van der Waals surface area (Å²) in [6.45, 7) is 6.36. The van der Waals surface area contributed by atoms with Crippen LogP contribution in [-0.4, -0.2) is 39.7 Å². The molecule has 1 saturated heterocycles. The molecule has 0 bridgehead atoms. The number of aromatic nitrogens is 2. The highest BCUT2D eigenvalue weighted by Crippen LogP contribution is 2.36. The number of benzene rings is 2. The number of carbonyl (C=O) groups is 1. The van der Waals surface area contributed by atoms with E-state index >= 15 is 0 Å². The Hall–Kier alpha value is -2.54. The number of nitrogens with zero attached hydrogens (tertiary/aromatic N) is 3. The maximum absolute atomic E-state index is 14.2. The van der Waals surface area contributed by atoms with Crippen molar-refractivity contribution < 1.29 is 9.53 Å². The van der Waals surface area contributed by atoms with Crippen LogP contribution in [0.4, 0.5) is 0 Å². The van der Waals surface area contributed by atoms with Crippen LogP contribution in [0.3, 0.4) is 0 Å². The normalized spacial score (nSPS) is 18.2. The van der Waals surface area contributed by atoms with Crippen molar-refractivity contribution >= 4 is 29.1 Å². The Morgan fingerprint density at radius 2 is 1.70 bits per heavy atom. The van der Waals surface area contributed by atoms with Crippen LogP contribution in [0.15, 0.2) is 48.5 Å². The molecule has 3 aromatic rings. The summed E-state index contributed by atoms with van der Waals surface area (Å²) in [5.74, 6) is 1.05. The molecule has 1 aliphatic heterocycles. The van der Waals surface area contributed by atoms with E-state index in [0.717, 1.165) is 37.8 Å². The van der Waals surface area contributed by atoms with E-state index in [4.69, 9.17) is 33.0 Å². The monoisotopic (exact) mass is 582 g/mol. The third-order valence-electron chi connectivity index (χ3n) is 8.11. The summed E-state index contributed by atoms with van der Waals surface area (Å²) < 4.78 is 8.21. The molecule has 2 fully saturated rings. The number of amides is 1. The molecule has 1 saturated carbocycles. The van der Waals surface area contributed by atoms with Gasteiger partial charge in [-0.15, -0.1) is 0 Å². The van der Waals surface area contributed by atoms with E-state index in [2.05, 4.69) is 19.2 Å². The average molecular weight is 584 g/mol. The van der Waals surface area contributed by atoms with Gasteiger partial charge in [-0.1, -0.05) is 81.3 Å². The highest BCUT2D eigenvalue weighted by Gasteiger charge is 2.34. The molecule has 40 heavy (non-hydrogen) atoms. The van der Waals surface area contributed by atoms with Crippen molar-refractivity contribution in [2.24, 2.45) is 5.41 Å². The predicted octanol–water partition coefficient (Wildman–Crippen LogP) is 8.44. The highest BCUT2D eigenvalue weighted by molar-refractivity contribution is 6.32. The fourth-order valence-corrected chi connectivity index (χ4v) is 6.27. The number of likely N-dealkylation sites (tertiary alicyclic amines) is 1. The Bertz CT molecular complexity index is 1300. The number of ether oxygens (including phenoxy) is 1. The third-order valence-corrected chi connectivity index (χ3v) is 8.68. The van der Waals surface area contributed by atoms with E-state index in [0.29, 0.717) is 52.2 Å². The number of carbonyl (C=O) groups excluding carboxylic acids is 1. The molecule has 0 unspecified atom stereocenters. The lowest BCUT2D eigenvalue weighted by Gasteiger charge is -2.37. The van der Waals surface area contributed by atoms with Crippen molar-refractivity contribution in [3.05, 3.63) is 69.8 Å². The lowest BCUT2D eigenvalue weighted by atomic mass is 9.84. The summed E-state index contributed by atoms with van der Waals surface area (Å²) in [6, 6.07) is 15.1. The quantitative estimate of drug-likeness (QED) is 0.303. The number of para-hydroxylation sites is 1. The van der Waals surface area contributed by atoms with E-state index in [1.807, 2.05) is 41.3 Å². The number of rotatable bonds is 7. The Balaban J connectivity index is 1.57. The predicted molar refractivity (Wildman–Crippen MR) is 162 cm³/mol. The second-order valence-corrected chi connectivity index (χ2v) is 12.8. The highest BCUT2D eigenvalue weighted by atomic mass is 35.5. The first-order valence-corrected chi connectivity index (χ1v) is 15.4. The summed E-state index contributed by atoms with van der Waals surface area (Å²) >= 11 is 12.8. The molecule has 1 aromatic heterocycles. The number of halogens is 2. The minimum atomic E-state index is -0.0611. The minimum absolute atomic E-state index is 0.0611. The van der Waals surface area contributed by atoms with Gasteiger partial charge in [0.25, 0.3) is 5.91 Å². The molecule has 1 aliphatic carbocycles. The standard InChI is InChI=1S/C32H40Cl2N4O2/c1-32(2)19-10-20-37(22-32)30(39)29-26(21-35-24-11-6-4-3-5-7-12-24)31(40-25-17-15-23(33)16-18-25)38(36-29)28-14-9-8-13-27(28)34/h8-9,13-18,24,35H,3-7,10-12,19-22H2,1-2H3. The first-order valence-electron chi connectivity index (χ1n) is 14.6. The summed E-state index contributed by atoms with van der Waals surface area (Å²) in [5.41, 5.74) is 1.91. The fraction of sp³-hybridized carbons (Fsp3) is 0.500. The van der Waals surface area contributed by atoms with Crippen LogP contribution in [0.5, 0.6) is 11.6 Å². The second kappa shape index (κ2) is 13.0. The molecule has 0 atom stereocenters. The van der Waals surface area contributed by atoms with Crippen LogP contribution >= 0.6 is 23.2 Å². The van der Waals surface area contributed by atoms with Crippen molar-refractivity contribution in [1.82, 2.24) is 20.0 Å². The van der Waals surface area contributed by atoms with Crippen LogP contribution < -0.4 is 10.1 Å². The molecule has 0 spiro atoms. The van der Waals surface area contributed by atoms with E-state index in [1.165, 1.54) is 32.1 Å². The van der Waals surface area contributed by atoms with Gasteiger partial charge in [0.05, 0.1) is 16.3 Å². The van der Waals surface area contributed by atoms with Gasteiger partial charge in [-0.2, -0.15) is 9.78 Å². The summed E-state index contributed by atoms with van der Waals surface area (Å²) in [5, 5.41) is 9.86. The number of nitrogens with one attached hydrogen (secondary N) is 1. The SMILES string of the molecule is CC1(C)CCCN(C(=O)c2nn(-c3ccccc3Cl)c(Oc3ccc(Cl)cc3)c2CNC2CCCCCCC2)C1. The van der Waals surface area contributed by atoms with Gasteiger partial charge in [-0.05, 0) is 67.5 Å². The van der Waals surface area contributed by atoms with Gasteiger partial charge in [-0.25, -0.2) is 0 Å². The van der Waals surface area contributed by atoms with Crippen molar-refractivity contribution in [3.8, 4) is 17.3 Å². The van der Waals surface area contributed by atoms with Gasteiger partial charge in [0.2, 0.25) is 5.88 Å². The molecule has 1 N–H and O–H groups in total. The van der Waals surface area contributed by atoms with Crippen molar-refractivity contribution in [3.63, 3.8) is 0 Å². The number of piperidine rings is 1. The minimum Gasteiger partial charge on any atom is -0.439 e. The Morgan fingerprint density at radius 3 is 2.40 bits per heavy atom. The lowest BCUT2D eigenvalue weighted by molar-refractivity contribution is 0.0576. The van der Waals surface area contributed by atoms with E-state index in [1.54, 1.807) is 16.8 Å². The zero-order valence-corrected chi connectivity index (χ0v) is 25.1. The first kappa shape index (κ1) is 29.0. The molecule has 6 nitrogen and oxygen atoms in total. The van der Waals surface area contributed by atoms with Gasteiger partial charge in [-0.3, -0.25) is 4.79 Å². The Labute approximate surface area is 248 Å². The van der Waals surface area contributed by atoms with Crippen LogP contribution in [0, 0.1) is 5.41 Å². The zero-order valence-electron chi connectivity index (χ0n) is 23.6. The average Bonchev–Trinajstić information content (AvgIpc) is 3.26. The van der Waals surface area contributed by atoms with Crippen molar-refractivity contribution in [2.45, 2.75) is 84.2 Å². The lowest BCUT2D eigenvalue weighted by Crippen LogP contribution is -2.44. The number of hydrogen-bond acceptors (Lipinski definition) is 4. The summed E-state index contributed by atoms with van der Waals surface area (Å²) in [4.78, 5) is 16.1. The van der Waals surface area contributed by atoms with E-state index in [9.17, 15) is 4.79 Å². The van der Waals surface area contributed by atoms with Crippen molar-refractivity contribution in [2.75, 3.05) is 13.1 Å². The first-order chi connectivity index (χ1) is 19.3. The smallest absolute Gasteiger partial charge is 0.274 e. The van der Waals surface area contributed by atoms with Gasteiger partial charge < -0.3 is 15.0 Å². The molecular weight excluding hydrogens is 543 g/mol. The van der Waals surface area contributed by atoms with Crippen LogP contribution in [0.25, 0.3) is 5.69 Å². The molecule has 1 amide bonds. The molecule has 2 aromatic carbocycles. The molecule has 5 rings (SSSR count). The second-order valence-electron chi connectivity index (χ2n) is 12.0. The fourth-order valence-electron chi connectivity index (χ4n) is 5.92. The van der Waals surface area contributed by atoms with Gasteiger partial charge in [0.1, 0.15) is 5.75 Å². The maximum atomic E-state index is 14.2. The van der Waals surface area contributed by atoms with Crippen molar-refractivity contribution in [1.29, 1.82) is 0 Å². The van der Waals surface area contributed by atoms with Crippen LogP contribution in [-0.2, 0) is 6.54 Å². The maximum Gasteiger partial charge on any atom is 0.274 e.